The Morgan fingerprint density at radius 2 is 1.86 bits per heavy atom. The Balaban J connectivity index is 1.88. The first kappa shape index (κ1) is 20.0. The Morgan fingerprint density at radius 1 is 1.07 bits per heavy atom. The van der Waals surface area contributed by atoms with Gasteiger partial charge in [0.2, 0.25) is 5.95 Å². The molecular formula is C21H24ClN5O. The molecule has 3 N–H and O–H groups in total. The molecule has 3 rings (SSSR count). The average molecular weight is 398 g/mol. The van der Waals surface area contributed by atoms with Gasteiger partial charge in [0.25, 0.3) is 0 Å². The summed E-state index contributed by atoms with van der Waals surface area (Å²) in [4.78, 5) is 13.3. The number of hydrogen-bond acceptors (Lipinski definition) is 6. The van der Waals surface area contributed by atoms with Crippen molar-refractivity contribution in [2.75, 3.05) is 17.2 Å². The van der Waals surface area contributed by atoms with Gasteiger partial charge in [0.05, 0.1) is 18.3 Å². The lowest BCUT2D eigenvalue weighted by Gasteiger charge is -2.20. The average Bonchev–Trinajstić information content (AvgIpc) is 2.71. The number of rotatable bonds is 8. The maximum Gasteiger partial charge on any atom is 0.225 e. The molecule has 0 fully saturated rings. The van der Waals surface area contributed by atoms with Crippen LogP contribution in [0.3, 0.4) is 0 Å². The Hall–Kier alpha value is -2.70. The van der Waals surface area contributed by atoms with Gasteiger partial charge in [-0.15, -0.1) is 0 Å². The third kappa shape index (κ3) is 5.41. The molecular weight excluding hydrogens is 374 g/mol. The van der Waals surface area contributed by atoms with Crippen LogP contribution < -0.4 is 10.6 Å². The van der Waals surface area contributed by atoms with Crippen molar-refractivity contribution in [2.24, 2.45) is 5.92 Å². The van der Waals surface area contributed by atoms with Gasteiger partial charge < -0.3 is 15.7 Å². The lowest BCUT2D eigenvalue weighted by Crippen LogP contribution is -2.30. The van der Waals surface area contributed by atoms with E-state index in [1.54, 1.807) is 12.4 Å². The number of pyridine rings is 1. The van der Waals surface area contributed by atoms with Gasteiger partial charge in [0.15, 0.2) is 0 Å². The number of anilines is 2. The van der Waals surface area contributed by atoms with E-state index in [-0.39, 0.29) is 18.6 Å². The molecule has 0 amide bonds. The van der Waals surface area contributed by atoms with Crippen molar-refractivity contribution < 1.29 is 5.11 Å². The molecule has 28 heavy (non-hydrogen) atoms. The molecule has 7 heteroatoms. The molecule has 0 aliphatic rings. The Bertz CT molecular complexity index is 904. The van der Waals surface area contributed by atoms with E-state index in [0.29, 0.717) is 23.3 Å². The molecule has 6 nitrogen and oxygen atoms in total. The zero-order valence-corrected chi connectivity index (χ0v) is 16.7. The summed E-state index contributed by atoms with van der Waals surface area (Å²) < 4.78 is 0. The van der Waals surface area contributed by atoms with Gasteiger partial charge in [-0.3, -0.25) is 4.98 Å². The largest absolute Gasteiger partial charge is 0.394 e. The summed E-state index contributed by atoms with van der Waals surface area (Å²) >= 11 is 6.07. The molecule has 3 aromatic rings. The number of benzene rings is 1. The Morgan fingerprint density at radius 3 is 2.54 bits per heavy atom. The molecule has 2 aromatic heterocycles. The molecule has 1 atom stereocenters. The number of nitrogens with one attached hydrogen (secondary N) is 2. The minimum Gasteiger partial charge on any atom is -0.394 e. The van der Waals surface area contributed by atoms with Crippen LogP contribution in [0.15, 0.2) is 54.9 Å². The van der Waals surface area contributed by atoms with E-state index in [2.05, 4.69) is 25.6 Å². The normalized spacial score (nSPS) is 12.0. The number of aliphatic hydroxyl groups is 1. The third-order valence-electron chi connectivity index (χ3n) is 4.38. The fourth-order valence-electron chi connectivity index (χ4n) is 2.70. The van der Waals surface area contributed by atoms with Crippen LogP contribution in [0.2, 0.25) is 5.02 Å². The van der Waals surface area contributed by atoms with Crippen molar-refractivity contribution in [1.29, 1.82) is 0 Å². The van der Waals surface area contributed by atoms with E-state index in [1.165, 1.54) is 0 Å². The van der Waals surface area contributed by atoms with Crippen LogP contribution in [0.5, 0.6) is 0 Å². The van der Waals surface area contributed by atoms with Crippen LogP contribution in [0.1, 0.15) is 19.4 Å². The van der Waals surface area contributed by atoms with Crippen LogP contribution in [0.4, 0.5) is 11.8 Å². The fraction of sp³-hybridized carbons (Fsp3) is 0.286. The van der Waals surface area contributed by atoms with Gasteiger partial charge in [-0.05, 0) is 35.7 Å². The lowest BCUT2D eigenvalue weighted by atomic mass is 10.1. The van der Waals surface area contributed by atoms with Gasteiger partial charge in [-0.1, -0.05) is 37.6 Å². The highest BCUT2D eigenvalue weighted by Gasteiger charge is 2.15. The molecule has 146 valence electrons. The van der Waals surface area contributed by atoms with E-state index in [4.69, 9.17) is 11.6 Å². The number of aliphatic hydroxyl groups excluding tert-OH is 1. The van der Waals surface area contributed by atoms with Gasteiger partial charge in [0.1, 0.15) is 5.82 Å². The molecule has 0 spiro atoms. The van der Waals surface area contributed by atoms with E-state index >= 15 is 0 Å². The smallest absolute Gasteiger partial charge is 0.225 e. The summed E-state index contributed by atoms with van der Waals surface area (Å²) in [6.07, 6.45) is 3.46. The minimum atomic E-state index is -0.131. The zero-order valence-electron chi connectivity index (χ0n) is 15.9. The second-order valence-electron chi connectivity index (χ2n) is 6.86. The van der Waals surface area contributed by atoms with Gasteiger partial charge in [-0.2, -0.15) is 4.98 Å². The maximum atomic E-state index is 9.64. The number of nitrogens with zero attached hydrogens (tertiary/aromatic N) is 3. The van der Waals surface area contributed by atoms with Crippen molar-refractivity contribution in [1.82, 2.24) is 15.0 Å². The highest BCUT2D eigenvalue weighted by Crippen LogP contribution is 2.22. The SMILES string of the molecule is CC(C)[C@H](CO)Nc1nc(NCc2cccc(Cl)c2)cc(-c2ccncc2)n1. The van der Waals surface area contributed by atoms with E-state index < -0.39 is 0 Å². The van der Waals surface area contributed by atoms with Crippen molar-refractivity contribution >= 4 is 23.4 Å². The summed E-state index contributed by atoms with van der Waals surface area (Å²) in [7, 11) is 0. The third-order valence-corrected chi connectivity index (χ3v) is 4.62. The second-order valence-corrected chi connectivity index (χ2v) is 7.30. The van der Waals surface area contributed by atoms with Crippen LogP contribution in [0.25, 0.3) is 11.3 Å². The van der Waals surface area contributed by atoms with Gasteiger partial charge in [-0.25, -0.2) is 4.98 Å². The van der Waals surface area contributed by atoms with Gasteiger partial charge in [0, 0.05) is 35.6 Å². The molecule has 0 aliphatic heterocycles. The zero-order chi connectivity index (χ0) is 19.9. The number of aromatic nitrogens is 3. The standard InChI is InChI=1S/C21H24ClN5O/c1-14(2)19(13-28)26-21-25-18(16-6-8-23-9-7-16)11-20(27-21)24-12-15-4-3-5-17(22)10-15/h3-11,14,19,28H,12-13H2,1-2H3,(H2,24,25,26,27)/t19-/m0/s1. The monoisotopic (exact) mass is 397 g/mol. The van der Waals surface area contributed by atoms with E-state index in [1.807, 2.05) is 56.3 Å². The van der Waals surface area contributed by atoms with Crippen molar-refractivity contribution in [3.8, 4) is 11.3 Å². The molecule has 0 saturated carbocycles. The number of halogens is 1. The summed E-state index contributed by atoms with van der Waals surface area (Å²) in [6.45, 7) is 4.67. The molecule has 0 unspecified atom stereocenters. The Kier molecular flexibility index (Phi) is 6.79. The van der Waals surface area contributed by atoms with Crippen molar-refractivity contribution in [3.05, 3.63) is 65.4 Å². The molecule has 0 radical (unpaired) electrons. The lowest BCUT2D eigenvalue weighted by molar-refractivity contribution is 0.248. The predicted molar refractivity (Wildman–Crippen MR) is 113 cm³/mol. The van der Waals surface area contributed by atoms with Gasteiger partial charge >= 0.3 is 0 Å². The molecule has 0 saturated heterocycles. The predicted octanol–water partition coefficient (Wildman–Crippen LogP) is 4.23. The summed E-state index contributed by atoms with van der Waals surface area (Å²) in [6, 6.07) is 13.3. The highest BCUT2D eigenvalue weighted by atomic mass is 35.5. The van der Waals surface area contributed by atoms with E-state index in [9.17, 15) is 5.11 Å². The fourth-order valence-corrected chi connectivity index (χ4v) is 2.91. The first-order valence-electron chi connectivity index (χ1n) is 9.20. The quantitative estimate of drug-likeness (QED) is 0.527. The topological polar surface area (TPSA) is 83.0 Å². The summed E-state index contributed by atoms with van der Waals surface area (Å²) in [5, 5.41) is 16.9. The molecule has 2 heterocycles. The number of hydrogen-bond donors (Lipinski definition) is 3. The van der Waals surface area contributed by atoms with Crippen LogP contribution in [-0.4, -0.2) is 32.7 Å². The minimum absolute atomic E-state index is 0.00574. The van der Waals surface area contributed by atoms with E-state index in [0.717, 1.165) is 16.8 Å². The maximum absolute atomic E-state index is 9.64. The highest BCUT2D eigenvalue weighted by molar-refractivity contribution is 6.30. The summed E-state index contributed by atoms with van der Waals surface area (Å²) in [5.41, 5.74) is 2.77. The Labute approximate surface area is 170 Å². The van der Waals surface area contributed by atoms with Crippen LogP contribution in [-0.2, 0) is 6.54 Å². The molecule has 0 aliphatic carbocycles. The summed E-state index contributed by atoms with van der Waals surface area (Å²) in [5.74, 6) is 1.39. The molecule has 1 aromatic carbocycles. The first-order chi connectivity index (χ1) is 13.5. The second kappa shape index (κ2) is 9.48. The van der Waals surface area contributed by atoms with Crippen molar-refractivity contribution in [2.45, 2.75) is 26.4 Å². The van der Waals surface area contributed by atoms with Crippen LogP contribution in [0, 0.1) is 5.92 Å². The van der Waals surface area contributed by atoms with Crippen LogP contribution >= 0.6 is 11.6 Å². The van der Waals surface area contributed by atoms with Crippen molar-refractivity contribution in [3.63, 3.8) is 0 Å². The molecule has 0 bridgehead atoms. The first-order valence-corrected chi connectivity index (χ1v) is 9.58.